The van der Waals surface area contributed by atoms with E-state index in [2.05, 4.69) is 53.8 Å². The molecule has 0 aromatic rings. The molecule has 0 saturated heterocycles. The summed E-state index contributed by atoms with van der Waals surface area (Å²) < 4.78 is 6.66. The summed E-state index contributed by atoms with van der Waals surface area (Å²) in [7, 11) is 0. The first-order chi connectivity index (χ1) is 9.68. The van der Waals surface area contributed by atoms with E-state index in [-0.39, 0.29) is 0 Å². The van der Waals surface area contributed by atoms with Gasteiger partial charge in [0, 0.05) is 6.54 Å². The third kappa shape index (κ3) is 3.17. The zero-order valence-electron chi connectivity index (χ0n) is 15.3. The average molecular weight is 296 g/mol. The quantitative estimate of drug-likeness (QED) is 0.747. The Morgan fingerprint density at radius 2 is 1.76 bits per heavy atom. The van der Waals surface area contributed by atoms with Gasteiger partial charge in [0.1, 0.15) is 0 Å². The number of hydrogen-bond acceptors (Lipinski definition) is 2. The highest BCUT2D eigenvalue weighted by molar-refractivity contribution is 5.11. The molecule has 2 aliphatic rings. The van der Waals surface area contributed by atoms with Crippen molar-refractivity contribution in [2.24, 2.45) is 28.6 Å². The molecule has 2 nitrogen and oxygen atoms in total. The molecule has 2 saturated carbocycles. The molecule has 0 spiro atoms. The van der Waals surface area contributed by atoms with Crippen LogP contribution in [0.4, 0.5) is 0 Å². The summed E-state index contributed by atoms with van der Waals surface area (Å²) in [4.78, 5) is 0. The summed E-state index contributed by atoms with van der Waals surface area (Å²) in [6, 6.07) is 0. The second-order valence-electron chi connectivity index (χ2n) is 9.07. The third-order valence-electron chi connectivity index (χ3n) is 6.69. The minimum Gasteiger partial charge on any atom is -0.373 e. The molecule has 124 valence electrons. The Morgan fingerprint density at radius 1 is 1.10 bits per heavy atom. The van der Waals surface area contributed by atoms with E-state index < -0.39 is 0 Å². The summed E-state index contributed by atoms with van der Waals surface area (Å²) in [6.45, 7) is 18.6. The maximum absolute atomic E-state index is 6.66. The van der Waals surface area contributed by atoms with Gasteiger partial charge in [-0.3, -0.25) is 0 Å². The van der Waals surface area contributed by atoms with Gasteiger partial charge in [-0.25, -0.2) is 0 Å². The van der Waals surface area contributed by atoms with E-state index in [4.69, 9.17) is 4.74 Å². The maximum atomic E-state index is 6.66. The van der Waals surface area contributed by atoms with Crippen molar-refractivity contribution in [1.82, 2.24) is 5.32 Å². The molecule has 4 unspecified atom stereocenters. The first-order valence-corrected chi connectivity index (χ1v) is 9.04. The van der Waals surface area contributed by atoms with Crippen molar-refractivity contribution in [3.05, 3.63) is 0 Å². The topological polar surface area (TPSA) is 21.3 Å². The summed E-state index contributed by atoms with van der Waals surface area (Å²) in [5.74, 6) is 2.15. The molecule has 0 aliphatic heterocycles. The summed E-state index contributed by atoms with van der Waals surface area (Å²) in [5.41, 5.74) is 0.827. The van der Waals surface area contributed by atoms with E-state index in [0.29, 0.717) is 34.9 Å². The summed E-state index contributed by atoms with van der Waals surface area (Å²) >= 11 is 0. The molecule has 2 rings (SSSR count). The van der Waals surface area contributed by atoms with Crippen LogP contribution >= 0.6 is 0 Å². The van der Waals surface area contributed by atoms with Crippen LogP contribution in [0.3, 0.4) is 0 Å². The Labute approximate surface area is 132 Å². The fraction of sp³-hybridized carbons (Fsp3) is 1.00. The maximum Gasteiger partial charge on any atom is 0.0726 e. The minimum absolute atomic E-state index is 0.348. The standard InChI is InChI=1S/C19H37NO/c1-13(2)11-20-12-16(14(3)4)21-17-10-15-8-9-19(17,7)18(15,5)6/h13-17,20H,8-12H2,1-7H3. The molecule has 2 aliphatic carbocycles. The van der Waals surface area contributed by atoms with Gasteiger partial charge < -0.3 is 10.1 Å². The van der Waals surface area contributed by atoms with Crippen LogP contribution in [-0.4, -0.2) is 25.3 Å². The lowest BCUT2D eigenvalue weighted by Crippen LogP contribution is -2.43. The molecule has 1 N–H and O–H groups in total. The average Bonchev–Trinajstić information content (AvgIpc) is 2.69. The molecule has 0 aromatic heterocycles. The Morgan fingerprint density at radius 3 is 2.19 bits per heavy atom. The summed E-state index contributed by atoms with van der Waals surface area (Å²) in [5, 5.41) is 3.59. The van der Waals surface area contributed by atoms with Gasteiger partial charge in [-0.2, -0.15) is 0 Å². The third-order valence-corrected chi connectivity index (χ3v) is 6.69. The van der Waals surface area contributed by atoms with Gasteiger partial charge in [0.25, 0.3) is 0 Å². The Balaban J connectivity index is 1.96. The SMILES string of the molecule is CC(C)CNCC(OC1CC2CCC1(C)C2(C)C)C(C)C. The van der Waals surface area contributed by atoms with E-state index in [9.17, 15) is 0 Å². The zero-order chi connectivity index (χ0) is 15.8. The van der Waals surface area contributed by atoms with E-state index in [0.717, 1.165) is 19.0 Å². The van der Waals surface area contributed by atoms with E-state index in [1.807, 2.05) is 0 Å². The molecule has 21 heavy (non-hydrogen) atoms. The van der Waals surface area contributed by atoms with Crippen molar-refractivity contribution in [1.29, 1.82) is 0 Å². The number of ether oxygens (including phenoxy) is 1. The van der Waals surface area contributed by atoms with E-state index >= 15 is 0 Å². The van der Waals surface area contributed by atoms with Gasteiger partial charge in [0.2, 0.25) is 0 Å². The lowest BCUT2D eigenvalue weighted by molar-refractivity contribution is -0.0994. The Hall–Kier alpha value is -0.0800. The predicted molar refractivity (Wildman–Crippen MR) is 90.4 cm³/mol. The lowest BCUT2D eigenvalue weighted by Gasteiger charge is -2.41. The van der Waals surface area contributed by atoms with Crippen LogP contribution in [0.5, 0.6) is 0 Å². The van der Waals surface area contributed by atoms with Crippen molar-refractivity contribution in [3.8, 4) is 0 Å². The van der Waals surface area contributed by atoms with Crippen molar-refractivity contribution < 1.29 is 4.74 Å². The van der Waals surface area contributed by atoms with Gasteiger partial charge in [-0.1, -0.05) is 48.5 Å². The molecule has 0 amide bonds. The second-order valence-corrected chi connectivity index (χ2v) is 9.07. The lowest BCUT2D eigenvalue weighted by atomic mass is 9.70. The van der Waals surface area contributed by atoms with Crippen LogP contribution in [0.2, 0.25) is 0 Å². The van der Waals surface area contributed by atoms with Gasteiger partial charge in [0.15, 0.2) is 0 Å². The highest BCUT2D eigenvalue weighted by atomic mass is 16.5. The van der Waals surface area contributed by atoms with Crippen molar-refractivity contribution in [3.63, 3.8) is 0 Å². The Bertz CT molecular complexity index is 349. The van der Waals surface area contributed by atoms with Crippen LogP contribution in [0.25, 0.3) is 0 Å². The molecule has 0 heterocycles. The Kier molecular flexibility index (Phi) is 5.10. The molecule has 2 heteroatoms. The van der Waals surface area contributed by atoms with Crippen LogP contribution in [0.15, 0.2) is 0 Å². The smallest absolute Gasteiger partial charge is 0.0726 e. The van der Waals surface area contributed by atoms with Crippen molar-refractivity contribution in [2.75, 3.05) is 13.1 Å². The molecule has 4 atom stereocenters. The molecule has 0 aromatic carbocycles. The number of hydrogen-bond donors (Lipinski definition) is 1. The second kappa shape index (κ2) is 6.20. The van der Waals surface area contributed by atoms with Crippen LogP contribution < -0.4 is 5.32 Å². The van der Waals surface area contributed by atoms with Crippen molar-refractivity contribution in [2.45, 2.75) is 79.9 Å². The first kappa shape index (κ1) is 17.3. The van der Waals surface area contributed by atoms with Crippen LogP contribution in [0.1, 0.15) is 67.7 Å². The van der Waals surface area contributed by atoms with Crippen molar-refractivity contribution >= 4 is 0 Å². The largest absolute Gasteiger partial charge is 0.373 e. The van der Waals surface area contributed by atoms with Crippen LogP contribution in [0, 0.1) is 28.6 Å². The molecule has 2 bridgehead atoms. The zero-order valence-corrected chi connectivity index (χ0v) is 15.3. The predicted octanol–water partition coefficient (Wildman–Crippen LogP) is 4.49. The normalized spacial score (nSPS) is 35.9. The minimum atomic E-state index is 0.348. The fourth-order valence-electron chi connectivity index (χ4n) is 4.50. The highest BCUT2D eigenvalue weighted by Gasteiger charge is 2.62. The molecule has 2 fully saturated rings. The van der Waals surface area contributed by atoms with Gasteiger partial charge in [-0.05, 0) is 54.4 Å². The fourth-order valence-corrected chi connectivity index (χ4v) is 4.50. The summed E-state index contributed by atoms with van der Waals surface area (Å²) in [6.07, 6.45) is 4.83. The molecular weight excluding hydrogens is 258 g/mol. The highest BCUT2D eigenvalue weighted by Crippen LogP contribution is 2.66. The number of rotatable bonds is 7. The van der Waals surface area contributed by atoms with Crippen LogP contribution in [-0.2, 0) is 4.74 Å². The van der Waals surface area contributed by atoms with E-state index in [1.165, 1.54) is 19.3 Å². The van der Waals surface area contributed by atoms with E-state index in [1.54, 1.807) is 0 Å². The monoisotopic (exact) mass is 295 g/mol. The number of fused-ring (bicyclic) bond motifs is 2. The number of nitrogens with one attached hydrogen (secondary N) is 1. The van der Waals surface area contributed by atoms with Gasteiger partial charge in [-0.15, -0.1) is 0 Å². The molecule has 0 radical (unpaired) electrons. The van der Waals surface area contributed by atoms with Gasteiger partial charge >= 0.3 is 0 Å². The van der Waals surface area contributed by atoms with Gasteiger partial charge in [0.05, 0.1) is 12.2 Å². The first-order valence-electron chi connectivity index (χ1n) is 9.04. The molecular formula is C19H37NO.